The average molecular weight is 402 g/mol. The van der Waals surface area contributed by atoms with Crippen molar-refractivity contribution in [2.75, 3.05) is 33.4 Å². The van der Waals surface area contributed by atoms with Crippen LogP contribution in [0.2, 0.25) is 0 Å². The number of hydrogen-bond acceptors (Lipinski definition) is 8. The van der Waals surface area contributed by atoms with E-state index in [4.69, 9.17) is 14.2 Å². The Morgan fingerprint density at radius 1 is 1.25 bits per heavy atom. The summed E-state index contributed by atoms with van der Waals surface area (Å²) in [6, 6.07) is 7.86. The minimum Gasteiger partial charge on any atom is -0.497 e. The first-order chi connectivity index (χ1) is 13.7. The Labute approximate surface area is 166 Å². The van der Waals surface area contributed by atoms with Gasteiger partial charge in [-0.1, -0.05) is 23.5 Å². The van der Waals surface area contributed by atoms with Crippen molar-refractivity contribution in [2.45, 2.75) is 24.7 Å². The van der Waals surface area contributed by atoms with E-state index in [0.29, 0.717) is 18.2 Å². The molecule has 2 aliphatic rings. The van der Waals surface area contributed by atoms with Gasteiger partial charge in [0.2, 0.25) is 10.8 Å². The molecule has 0 unspecified atom stereocenters. The normalized spacial score (nSPS) is 20.8. The fraction of sp³-hybridized carbons (Fsp3) is 0.474. The van der Waals surface area contributed by atoms with Gasteiger partial charge in [-0.25, -0.2) is 4.98 Å². The number of nitrogens with zero attached hydrogens (tertiary/aromatic N) is 4. The standard InChI is InChI=1S/C19H22N4O4S/c1-25-14-4-2-3-13(11-14)15(16-17(24)23-18(28-16)20-12-21-23)22-7-5-19(6-8-22)26-9-10-27-19/h2-4,11-12,15,24H,5-10H2,1H3/t15-/m1/s1. The number of likely N-dealkylation sites (tertiary alicyclic amines) is 1. The van der Waals surface area contributed by atoms with E-state index in [1.807, 2.05) is 18.2 Å². The van der Waals surface area contributed by atoms with Crippen molar-refractivity contribution in [3.05, 3.63) is 41.0 Å². The molecule has 2 aliphatic heterocycles. The zero-order chi connectivity index (χ0) is 19.1. The van der Waals surface area contributed by atoms with E-state index in [0.717, 1.165) is 42.1 Å². The third-order valence-electron chi connectivity index (χ3n) is 5.54. The Kier molecular flexibility index (Phi) is 4.47. The van der Waals surface area contributed by atoms with Gasteiger partial charge >= 0.3 is 0 Å². The minimum absolute atomic E-state index is 0.123. The lowest BCUT2D eigenvalue weighted by molar-refractivity contribution is -0.187. The number of ether oxygens (including phenoxy) is 3. The maximum absolute atomic E-state index is 10.8. The molecule has 4 heterocycles. The second-order valence-corrected chi connectivity index (χ2v) is 8.08. The molecule has 0 radical (unpaired) electrons. The summed E-state index contributed by atoms with van der Waals surface area (Å²) in [4.78, 5) is 8.10. The summed E-state index contributed by atoms with van der Waals surface area (Å²) in [6.45, 7) is 2.92. The second kappa shape index (κ2) is 7.00. The van der Waals surface area contributed by atoms with Gasteiger partial charge in [-0.15, -0.1) is 0 Å². The summed E-state index contributed by atoms with van der Waals surface area (Å²) in [5.74, 6) is 0.486. The molecule has 0 bridgehead atoms. The first kappa shape index (κ1) is 17.9. The predicted molar refractivity (Wildman–Crippen MR) is 103 cm³/mol. The number of aromatic hydroxyl groups is 1. The van der Waals surface area contributed by atoms with Crippen LogP contribution in [0.15, 0.2) is 30.6 Å². The number of fused-ring (bicyclic) bond motifs is 1. The molecule has 1 spiro atoms. The lowest BCUT2D eigenvalue weighted by atomic mass is 9.97. The summed E-state index contributed by atoms with van der Waals surface area (Å²) in [7, 11) is 1.66. The van der Waals surface area contributed by atoms with Crippen LogP contribution in [-0.4, -0.2) is 63.8 Å². The van der Waals surface area contributed by atoms with Gasteiger partial charge in [-0.3, -0.25) is 4.90 Å². The number of piperidine rings is 1. The van der Waals surface area contributed by atoms with Gasteiger partial charge in [-0.2, -0.15) is 9.61 Å². The van der Waals surface area contributed by atoms with Crippen molar-refractivity contribution >= 4 is 16.3 Å². The third-order valence-corrected chi connectivity index (χ3v) is 6.62. The number of benzene rings is 1. The molecule has 148 valence electrons. The Balaban J connectivity index is 1.53. The van der Waals surface area contributed by atoms with Crippen LogP contribution in [0.4, 0.5) is 0 Å². The van der Waals surface area contributed by atoms with Gasteiger partial charge in [-0.05, 0) is 17.7 Å². The van der Waals surface area contributed by atoms with Crippen molar-refractivity contribution in [1.29, 1.82) is 0 Å². The van der Waals surface area contributed by atoms with Crippen molar-refractivity contribution in [2.24, 2.45) is 0 Å². The highest BCUT2D eigenvalue weighted by Crippen LogP contribution is 2.43. The lowest BCUT2D eigenvalue weighted by Gasteiger charge is -2.41. The fourth-order valence-electron chi connectivity index (χ4n) is 4.12. The second-order valence-electron chi connectivity index (χ2n) is 7.07. The first-order valence-corrected chi connectivity index (χ1v) is 10.2. The minimum atomic E-state index is -0.441. The summed E-state index contributed by atoms with van der Waals surface area (Å²) in [5, 5.41) is 15.0. The van der Waals surface area contributed by atoms with Gasteiger partial charge in [0.05, 0.1) is 31.2 Å². The topological polar surface area (TPSA) is 81.4 Å². The molecule has 0 amide bonds. The Morgan fingerprint density at radius 3 is 2.75 bits per heavy atom. The van der Waals surface area contributed by atoms with Gasteiger partial charge in [0.1, 0.15) is 12.1 Å². The smallest absolute Gasteiger partial charge is 0.230 e. The van der Waals surface area contributed by atoms with E-state index in [1.54, 1.807) is 7.11 Å². The monoisotopic (exact) mass is 402 g/mol. The molecule has 0 saturated carbocycles. The highest BCUT2D eigenvalue weighted by atomic mass is 32.1. The highest BCUT2D eigenvalue weighted by Gasteiger charge is 2.42. The molecule has 1 aromatic carbocycles. The lowest BCUT2D eigenvalue weighted by Crippen LogP contribution is -2.46. The molecule has 5 rings (SSSR count). The van der Waals surface area contributed by atoms with Crippen LogP contribution in [0.1, 0.15) is 29.3 Å². The van der Waals surface area contributed by atoms with Crippen molar-refractivity contribution in [1.82, 2.24) is 19.5 Å². The zero-order valence-corrected chi connectivity index (χ0v) is 16.4. The number of aromatic nitrogens is 3. The van der Waals surface area contributed by atoms with Crippen molar-refractivity contribution in [3.8, 4) is 11.6 Å². The Hall–Kier alpha value is -2.20. The van der Waals surface area contributed by atoms with Crippen LogP contribution in [0.3, 0.4) is 0 Å². The molecular weight excluding hydrogens is 380 g/mol. The van der Waals surface area contributed by atoms with Gasteiger partial charge in [0, 0.05) is 25.9 Å². The third kappa shape index (κ3) is 2.95. The van der Waals surface area contributed by atoms with E-state index in [9.17, 15) is 5.11 Å². The molecular formula is C19H22N4O4S. The van der Waals surface area contributed by atoms with Crippen molar-refractivity contribution < 1.29 is 19.3 Å². The van der Waals surface area contributed by atoms with E-state index in [-0.39, 0.29) is 11.9 Å². The quantitative estimate of drug-likeness (QED) is 0.718. The zero-order valence-electron chi connectivity index (χ0n) is 15.6. The number of thiazole rings is 1. The molecule has 2 saturated heterocycles. The van der Waals surface area contributed by atoms with Crippen LogP contribution in [0.25, 0.3) is 4.96 Å². The fourth-order valence-corrected chi connectivity index (χ4v) is 5.21. The maximum atomic E-state index is 10.8. The summed E-state index contributed by atoms with van der Waals surface area (Å²) in [5.41, 5.74) is 1.06. The van der Waals surface area contributed by atoms with Crippen LogP contribution < -0.4 is 4.74 Å². The van der Waals surface area contributed by atoms with Gasteiger partial charge in [0.25, 0.3) is 0 Å². The Bertz CT molecular complexity index is 971. The molecule has 9 heteroatoms. The largest absolute Gasteiger partial charge is 0.497 e. The molecule has 1 N–H and O–H groups in total. The van der Waals surface area contributed by atoms with Crippen molar-refractivity contribution in [3.63, 3.8) is 0 Å². The van der Waals surface area contributed by atoms with E-state index in [2.05, 4.69) is 21.0 Å². The van der Waals surface area contributed by atoms with Crippen LogP contribution in [0.5, 0.6) is 11.6 Å². The van der Waals surface area contributed by atoms with Gasteiger partial charge < -0.3 is 19.3 Å². The average Bonchev–Trinajstić information content (AvgIpc) is 3.44. The molecule has 0 aliphatic carbocycles. The molecule has 28 heavy (non-hydrogen) atoms. The van der Waals surface area contributed by atoms with E-state index < -0.39 is 5.79 Å². The van der Waals surface area contributed by atoms with Crippen LogP contribution in [-0.2, 0) is 9.47 Å². The first-order valence-electron chi connectivity index (χ1n) is 9.36. The number of rotatable bonds is 4. The molecule has 2 aromatic heterocycles. The van der Waals surface area contributed by atoms with Gasteiger partial charge in [0.15, 0.2) is 5.79 Å². The van der Waals surface area contributed by atoms with E-state index >= 15 is 0 Å². The number of hydrogen-bond donors (Lipinski definition) is 1. The maximum Gasteiger partial charge on any atom is 0.230 e. The van der Waals surface area contributed by atoms with Crippen LogP contribution >= 0.6 is 11.3 Å². The Morgan fingerprint density at radius 2 is 2.04 bits per heavy atom. The van der Waals surface area contributed by atoms with E-state index in [1.165, 1.54) is 22.2 Å². The SMILES string of the molecule is COc1cccc([C@H](c2sc3ncnn3c2O)N2CCC3(CC2)OCCO3)c1. The molecule has 3 aromatic rings. The molecule has 2 fully saturated rings. The predicted octanol–water partition coefficient (Wildman–Crippen LogP) is 2.43. The van der Waals surface area contributed by atoms with Crippen LogP contribution in [0, 0.1) is 0 Å². The molecule has 8 nitrogen and oxygen atoms in total. The summed E-state index contributed by atoms with van der Waals surface area (Å²) < 4.78 is 18.7. The number of methoxy groups -OCH3 is 1. The molecule has 1 atom stereocenters. The highest BCUT2D eigenvalue weighted by molar-refractivity contribution is 7.17. The summed E-state index contributed by atoms with van der Waals surface area (Å²) in [6.07, 6.45) is 3.05. The summed E-state index contributed by atoms with van der Waals surface area (Å²) >= 11 is 1.46.